The Bertz CT molecular complexity index is 789. The van der Waals surface area contributed by atoms with Gasteiger partial charge >= 0.3 is 15.6 Å². The maximum Gasteiger partial charge on any atom is 0.472 e. The first-order valence-electron chi connectivity index (χ1n) is 18.0. The highest BCUT2D eigenvalue weighted by molar-refractivity contribution is 7.47. The summed E-state index contributed by atoms with van der Waals surface area (Å²) in [5.74, 6) is 0. The van der Waals surface area contributed by atoms with Gasteiger partial charge in [-0.3, -0.25) is 23.0 Å². The van der Waals surface area contributed by atoms with Gasteiger partial charge < -0.3 is 29.0 Å². The minimum atomic E-state index is -4.25. The SMILES string of the molecule is CCCCCCCCCCCCCCCCN(CCOP(=O)(O)OCC[N+](C)(C)CCO)CCOP(=O)(O)OCC[N+](C)(C)CCO. The highest BCUT2D eigenvalue weighted by atomic mass is 31.2. The average Bonchev–Trinajstić information content (AvgIpc) is 2.96. The van der Waals surface area contributed by atoms with Crippen molar-refractivity contribution in [2.45, 2.75) is 96.8 Å². The van der Waals surface area contributed by atoms with Gasteiger partial charge in [0, 0.05) is 13.1 Å². The molecule has 0 spiro atoms. The first kappa shape index (κ1) is 47.0. The Morgan fingerprint density at radius 2 is 0.809 bits per heavy atom. The summed E-state index contributed by atoms with van der Waals surface area (Å²) in [5.41, 5.74) is 0. The predicted octanol–water partition coefficient (Wildman–Crippen LogP) is 5.17. The third-order valence-electron chi connectivity index (χ3n) is 8.46. The van der Waals surface area contributed by atoms with E-state index in [0.29, 0.717) is 54.8 Å². The zero-order valence-corrected chi connectivity index (χ0v) is 32.4. The monoisotopic (exact) mass is 721 g/mol. The minimum absolute atomic E-state index is 0.0130. The van der Waals surface area contributed by atoms with Crippen LogP contribution in [0.25, 0.3) is 0 Å². The van der Waals surface area contributed by atoms with E-state index in [1.165, 1.54) is 70.6 Å². The van der Waals surface area contributed by atoms with E-state index < -0.39 is 15.6 Å². The van der Waals surface area contributed by atoms with Crippen molar-refractivity contribution in [3.63, 3.8) is 0 Å². The molecular weight excluding hydrogens is 648 g/mol. The number of nitrogens with zero attached hydrogens (tertiary/aromatic N) is 3. The van der Waals surface area contributed by atoms with Crippen LogP contribution in [0.5, 0.6) is 0 Å². The van der Waals surface area contributed by atoms with Crippen molar-refractivity contribution in [3.05, 3.63) is 0 Å². The molecule has 0 saturated heterocycles. The number of phosphoric ester groups is 2. The number of aliphatic hydroxyl groups is 2. The summed E-state index contributed by atoms with van der Waals surface area (Å²) >= 11 is 0. The molecule has 15 heteroatoms. The number of hydrogen-bond acceptors (Lipinski definition) is 9. The van der Waals surface area contributed by atoms with E-state index in [1.807, 2.05) is 33.1 Å². The molecule has 0 radical (unpaired) electrons. The van der Waals surface area contributed by atoms with Gasteiger partial charge in [-0.25, -0.2) is 9.13 Å². The predicted molar refractivity (Wildman–Crippen MR) is 188 cm³/mol. The second kappa shape index (κ2) is 27.7. The molecule has 0 aliphatic carbocycles. The molecule has 0 saturated carbocycles. The van der Waals surface area contributed by atoms with Crippen LogP contribution in [0.2, 0.25) is 0 Å². The third-order valence-corrected chi connectivity index (χ3v) is 10.5. The Balaban J connectivity index is 4.58. The highest BCUT2D eigenvalue weighted by Crippen LogP contribution is 2.43. The lowest BCUT2D eigenvalue weighted by molar-refractivity contribution is -0.890. The van der Waals surface area contributed by atoms with Gasteiger partial charge in [-0.1, -0.05) is 90.4 Å². The van der Waals surface area contributed by atoms with Crippen LogP contribution in [-0.2, 0) is 27.2 Å². The molecule has 2 unspecified atom stereocenters. The number of quaternary nitrogens is 2. The van der Waals surface area contributed by atoms with Gasteiger partial charge in [-0.2, -0.15) is 0 Å². The molecular formula is C32H73N3O10P2+2. The van der Waals surface area contributed by atoms with Gasteiger partial charge in [0.2, 0.25) is 0 Å². The van der Waals surface area contributed by atoms with Crippen molar-refractivity contribution in [3.8, 4) is 0 Å². The Hall–Kier alpha value is 0.0200. The van der Waals surface area contributed by atoms with Gasteiger partial charge in [0.05, 0.1) is 54.6 Å². The van der Waals surface area contributed by atoms with Crippen LogP contribution in [0.1, 0.15) is 96.8 Å². The van der Waals surface area contributed by atoms with Crippen LogP contribution >= 0.6 is 15.6 Å². The van der Waals surface area contributed by atoms with E-state index in [-0.39, 0.29) is 39.6 Å². The van der Waals surface area contributed by atoms with Crippen LogP contribution in [0.4, 0.5) is 0 Å². The molecule has 284 valence electrons. The first-order valence-corrected chi connectivity index (χ1v) is 21.0. The third kappa shape index (κ3) is 30.6. The molecule has 13 nitrogen and oxygen atoms in total. The fourth-order valence-corrected chi connectivity index (χ4v) is 6.48. The van der Waals surface area contributed by atoms with Crippen LogP contribution in [-0.4, -0.2) is 148 Å². The minimum Gasteiger partial charge on any atom is -0.391 e. The first-order chi connectivity index (χ1) is 22.2. The molecule has 0 aromatic heterocycles. The van der Waals surface area contributed by atoms with Crippen molar-refractivity contribution >= 4 is 15.6 Å². The summed E-state index contributed by atoms with van der Waals surface area (Å²) in [5, 5.41) is 18.3. The zero-order valence-electron chi connectivity index (χ0n) is 30.6. The van der Waals surface area contributed by atoms with E-state index >= 15 is 0 Å². The lowest BCUT2D eigenvalue weighted by atomic mass is 10.0. The largest absolute Gasteiger partial charge is 0.472 e. The number of phosphoric acid groups is 2. The molecule has 0 aromatic rings. The van der Waals surface area contributed by atoms with Gasteiger partial charge in [-0.15, -0.1) is 0 Å². The lowest BCUT2D eigenvalue weighted by Crippen LogP contribution is -2.44. The Kier molecular flexibility index (Phi) is 27.7. The van der Waals surface area contributed by atoms with Gasteiger partial charge in [0.1, 0.15) is 39.4 Å². The van der Waals surface area contributed by atoms with Gasteiger partial charge in [-0.05, 0) is 13.0 Å². The number of aliphatic hydroxyl groups excluding tert-OH is 2. The van der Waals surface area contributed by atoms with Crippen LogP contribution in [0, 0.1) is 0 Å². The highest BCUT2D eigenvalue weighted by Gasteiger charge is 2.25. The second-order valence-electron chi connectivity index (χ2n) is 13.9. The quantitative estimate of drug-likeness (QED) is 0.0389. The van der Waals surface area contributed by atoms with E-state index in [9.17, 15) is 18.9 Å². The fourth-order valence-electron chi connectivity index (χ4n) is 5.08. The second-order valence-corrected chi connectivity index (χ2v) is 16.8. The van der Waals surface area contributed by atoms with Crippen LogP contribution in [0.3, 0.4) is 0 Å². The Labute approximate surface area is 286 Å². The molecule has 0 aliphatic heterocycles. The smallest absolute Gasteiger partial charge is 0.391 e. The van der Waals surface area contributed by atoms with Crippen molar-refractivity contribution in [2.24, 2.45) is 0 Å². The maximum atomic E-state index is 12.4. The molecule has 0 aliphatic rings. The lowest BCUT2D eigenvalue weighted by Gasteiger charge is -2.29. The van der Waals surface area contributed by atoms with E-state index in [1.54, 1.807) is 0 Å². The maximum absolute atomic E-state index is 12.4. The molecule has 47 heavy (non-hydrogen) atoms. The van der Waals surface area contributed by atoms with Gasteiger partial charge in [0.15, 0.2) is 0 Å². The number of rotatable bonds is 35. The summed E-state index contributed by atoms with van der Waals surface area (Å²) in [6, 6.07) is 0. The van der Waals surface area contributed by atoms with Crippen molar-refractivity contribution in [2.75, 3.05) is 114 Å². The summed E-state index contributed by atoms with van der Waals surface area (Å²) in [6.45, 7) is 5.44. The molecule has 0 rings (SSSR count). The summed E-state index contributed by atoms with van der Waals surface area (Å²) < 4.78 is 46.4. The molecule has 4 N–H and O–H groups in total. The summed E-state index contributed by atoms with van der Waals surface area (Å²) in [7, 11) is -0.917. The van der Waals surface area contributed by atoms with Crippen LogP contribution in [0.15, 0.2) is 0 Å². The molecule has 0 fully saturated rings. The van der Waals surface area contributed by atoms with Crippen molar-refractivity contribution < 1.29 is 56.2 Å². The summed E-state index contributed by atoms with van der Waals surface area (Å²) in [6.07, 6.45) is 17.7. The number of unbranched alkanes of at least 4 members (excludes halogenated alkanes) is 13. The topological polar surface area (TPSA) is 155 Å². The average molecular weight is 722 g/mol. The fraction of sp³-hybridized carbons (Fsp3) is 1.00. The summed E-state index contributed by atoms with van der Waals surface area (Å²) in [4.78, 5) is 22.2. The van der Waals surface area contributed by atoms with Crippen LogP contribution < -0.4 is 0 Å². The Morgan fingerprint density at radius 3 is 1.15 bits per heavy atom. The molecule has 0 aromatic carbocycles. The molecule has 0 heterocycles. The zero-order chi connectivity index (χ0) is 35.5. The Morgan fingerprint density at radius 1 is 0.489 bits per heavy atom. The van der Waals surface area contributed by atoms with E-state index in [0.717, 1.165) is 19.3 Å². The molecule has 2 atom stereocenters. The standard InChI is InChI=1S/C32H71N3O10P2/c1-6-7-8-9-10-11-12-13-14-15-16-17-18-19-20-33(21-29-42-46(38,39)44-31-25-34(2,3)23-27-36)22-30-43-47(40,41)45-32-26-35(4,5)24-28-37/h36-37H,6-32H2,1-5H3/p+2. The number of hydrogen-bond donors (Lipinski definition) is 4. The van der Waals surface area contributed by atoms with E-state index in [4.69, 9.17) is 28.3 Å². The van der Waals surface area contributed by atoms with Crippen molar-refractivity contribution in [1.82, 2.24) is 4.90 Å². The normalized spacial score (nSPS) is 15.3. The van der Waals surface area contributed by atoms with Crippen molar-refractivity contribution in [1.29, 1.82) is 0 Å². The van der Waals surface area contributed by atoms with E-state index in [2.05, 4.69) is 6.92 Å². The molecule has 0 amide bonds. The van der Waals surface area contributed by atoms with Gasteiger partial charge in [0.25, 0.3) is 0 Å². The molecule has 0 bridgehead atoms. The number of likely N-dealkylation sites (N-methyl/N-ethyl adjacent to an activating group) is 2.